The van der Waals surface area contributed by atoms with E-state index in [2.05, 4.69) is 9.97 Å². The number of nitrogens with two attached hydrogens (primary N) is 1. The number of rotatable bonds is 5. The zero-order valence-electron chi connectivity index (χ0n) is 18.3. The van der Waals surface area contributed by atoms with Crippen LogP contribution in [-0.2, 0) is 17.4 Å². The highest BCUT2D eigenvalue weighted by molar-refractivity contribution is 6.27. The first-order valence-corrected chi connectivity index (χ1v) is 10.3. The van der Waals surface area contributed by atoms with Gasteiger partial charge in [-0.2, -0.15) is 13.2 Å². The predicted octanol–water partition coefficient (Wildman–Crippen LogP) is 4.71. The van der Waals surface area contributed by atoms with E-state index in [-0.39, 0.29) is 23.9 Å². The lowest BCUT2D eigenvalue weighted by Crippen LogP contribution is -2.33. The number of hydrogen-bond donors (Lipinski definition) is 1. The summed E-state index contributed by atoms with van der Waals surface area (Å²) in [6.45, 7) is 3.25. The molecule has 3 amide bonds. The first kappa shape index (κ1) is 23.0. The SMILES string of the molecule is CCc1c(Oc2cc(N)ncn2)ccc(N2C(=O)CN(c3cccc(C(F)(F)F)c3)C2=O)c1C. The number of ether oxygens (including phenoxy) is 1. The van der Waals surface area contributed by atoms with Crippen LogP contribution in [-0.4, -0.2) is 28.5 Å². The molecule has 3 aromatic rings. The number of aromatic nitrogens is 2. The van der Waals surface area contributed by atoms with Gasteiger partial charge < -0.3 is 10.5 Å². The number of carbonyl (C=O) groups is 2. The van der Waals surface area contributed by atoms with E-state index in [9.17, 15) is 22.8 Å². The molecule has 0 saturated carbocycles. The molecular formula is C23H20F3N5O3. The van der Waals surface area contributed by atoms with Crippen molar-refractivity contribution in [2.24, 2.45) is 0 Å². The highest BCUT2D eigenvalue weighted by atomic mass is 19.4. The van der Waals surface area contributed by atoms with Gasteiger partial charge in [0.15, 0.2) is 0 Å². The van der Waals surface area contributed by atoms with Gasteiger partial charge in [-0.05, 0) is 54.8 Å². The molecule has 0 bridgehead atoms. The summed E-state index contributed by atoms with van der Waals surface area (Å²) < 4.78 is 45.2. The summed E-state index contributed by atoms with van der Waals surface area (Å²) in [5, 5.41) is 0. The summed E-state index contributed by atoms with van der Waals surface area (Å²) in [6, 6.07) is 8.21. The summed E-state index contributed by atoms with van der Waals surface area (Å²) in [5.74, 6) is 0.387. The third-order valence-corrected chi connectivity index (χ3v) is 5.45. The molecule has 1 saturated heterocycles. The van der Waals surface area contributed by atoms with Crippen molar-refractivity contribution < 1.29 is 27.5 Å². The molecule has 11 heteroatoms. The van der Waals surface area contributed by atoms with Gasteiger partial charge in [0.1, 0.15) is 24.4 Å². The molecule has 0 aliphatic carbocycles. The zero-order valence-corrected chi connectivity index (χ0v) is 18.3. The van der Waals surface area contributed by atoms with E-state index in [1.54, 1.807) is 19.1 Å². The van der Waals surface area contributed by atoms with Crippen LogP contribution in [0.2, 0.25) is 0 Å². The lowest BCUT2D eigenvalue weighted by molar-refractivity contribution is -0.137. The molecule has 176 valence electrons. The number of carbonyl (C=O) groups excluding carboxylic acids is 2. The average molecular weight is 471 g/mol. The minimum Gasteiger partial charge on any atom is -0.439 e. The Balaban J connectivity index is 1.67. The lowest BCUT2D eigenvalue weighted by Gasteiger charge is -2.22. The second-order valence-corrected chi connectivity index (χ2v) is 7.57. The fourth-order valence-corrected chi connectivity index (χ4v) is 3.81. The average Bonchev–Trinajstić information content (AvgIpc) is 3.08. The van der Waals surface area contributed by atoms with Gasteiger partial charge in [-0.25, -0.2) is 19.7 Å². The molecule has 2 N–H and O–H groups in total. The Labute approximate surface area is 192 Å². The van der Waals surface area contributed by atoms with Crippen molar-refractivity contribution in [3.05, 3.63) is 65.5 Å². The monoisotopic (exact) mass is 471 g/mol. The maximum Gasteiger partial charge on any atom is 0.416 e. The van der Waals surface area contributed by atoms with E-state index in [1.165, 1.54) is 24.5 Å². The lowest BCUT2D eigenvalue weighted by atomic mass is 10.0. The second kappa shape index (κ2) is 8.65. The van der Waals surface area contributed by atoms with Crippen LogP contribution in [0.15, 0.2) is 48.8 Å². The number of urea groups is 1. The van der Waals surface area contributed by atoms with Gasteiger partial charge in [-0.15, -0.1) is 0 Å². The Hall–Kier alpha value is -4.15. The summed E-state index contributed by atoms with van der Waals surface area (Å²) >= 11 is 0. The van der Waals surface area contributed by atoms with Crippen LogP contribution in [0.3, 0.4) is 0 Å². The van der Waals surface area contributed by atoms with E-state index in [0.717, 1.165) is 27.5 Å². The standard InChI is InChI=1S/C23H20F3N5O3/c1-3-16-13(2)17(7-8-18(16)34-20-10-19(27)28-12-29-20)31-21(32)11-30(22(31)33)15-6-4-5-14(9-15)23(24,25)26/h4-10,12H,3,11H2,1-2H3,(H2,27,28,29). The van der Waals surface area contributed by atoms with E-state index < -0.39 is 23.7 Å². The van der Waals surface area contributed by atoms with Gasteiger partial charge in [0.05, 0.1) is 11.3 Å². The van der Waals surface area contributed by atoms with Gasteiger partial charge >= 0.3 is 12.2 Å². The molecule has 1 aliphatic rings. The van der Waals surface area contributed by atoms with Crippen LogP contribution in [0.1, 0.15) is 23.6 Å². The number of nitrogens with zero attached hydrogens (tertiary/aromatic N) is 4. The first-order chi connectivity index (χ1) is 16.1. The van der Waals surface area contributed by atoms with E-state index >= 15 is 0 Å². The molecule has 4 rings (SSSR count). The third kappa shape index (κ3) is 4.24. The molecule has 8 nitrogen and oxygen atoms in total. The Bertz CT molecular complexity index is 1280. The third-order valence-electron chi connectivity index (χ3n) is 5.45. The van der Waals surface area contributed by atoms with Crippen molar-refractivity contribution >= 4 is 29.1 Å². The van der Waals surface area contributed by atoms with Gasteiger partial charge in [-0.3, -0.25) is 9.69 Å². The molecule has 2 heterocycles. The molecular weight excluding hydrogens is 451 g/mol. The fraction of sp³-hybridized carbons (Fsp3) is 0.217. The van der Waals surface area contributed by atoms with Crippen molar-refractivity contribution in [1.29, 1.82) is 0 Å². The number of hydrogen-bond acceptors (Lipinski definition) is 6. The highest BCUT2D eigenvalue weighted by Gasteiger charge is 2.40. The number of imide groups is 1. The summed E-state index contributed by atoms with van der Waals surface area (Å²) in [6.07, 6.45) is -2.79. The Kier molecular flexibility index (Phi) is 5.86. The van der Waals surface area contributed by atoms with Crippen molar-refractivity contribution in [3.63, 3.8) is 0 Å². The van der Waals surface area contributed by atoms with Crippen LogP contribution < -0.4 is 20.3 Å². The van der Waals surface area contributed by atoms with Crippen LogP contribution in [0.5, 0.6) is 11.6 Å². The van der Waals surface area contributed by atoms with Crippen molar-refractivity contribution in [2.45, 2.75) is 26.4 Å². The quantitative estimate of drug-likeness (QED) is 0.541. The zero-order chi connectivity index (χ0) is 24.6. The molecule has 1 aromatic heterocycles. The number of benzene rings is 2. The number of anilines is 3. The molecule has 1 fully saturated rings. The number of amides is 3. The first-order valence-electron chi connectivity index (χ1n) is 10.3. The van der Waals surface area contributed by atoms with Gasteiger partial charge in [0.25, 0.3) is 5.91 Å². The number of nitrogen functional groups attached to an aromatic ring is 1. The van der Waals surface area contributed by atoms with Gasteiger partial charge in [0.2, 0.25) is 5.88 Å². The maximum absolute atomic E-state index is 13.1. The Morgan fingerprint density at radius 2 is 1.88 bits per heavy atom. The van der Waals surface area contributed by atoms with E-state index in [1.807, 2.05) is 6.92 Å². The van der Waals surface area contributed by atoms with E-state index in [0.29, 0.717) is 23.4 Å². The topological polar surface area (TPSA) is 102 Å². The Morgan fingerprint density at radius 1 is 1.12 bits per heavy atom. The Morgan fingerprint density at radius 3 is 2.56 bits per heavy atom. The maximum atomic E-state index is 13.1. The van der Waals surface area contributed by atoms with E-state index in [4.69, 9.17) is 10.5 Å². The molecule has 2 aromatic carbocycles. The molecule has 0 unspecified atom stereocenters. The molecule has 0 radical (unpaired) electrons. The van der Waals surface area contributed by atoms with Crippen LogP contribution in [0.25, 0.3) is 0 Å². The molecule has 0 atom stereocenters. The van der Waals surface area contributed by atoms with Crippen LogP contribution in [0, 0.1) is 6.92 Å². The van der Waals surface area contributed by atoms with Crippen LogP contribution in [0.4, 0.5) is 35.2 Å². The molecule has 1 aliphatic heterocycles. The minimum absolute atomic E-state index is 0.00894. The smallest absolute Gasteiger partial charge is 0.416 e. The highest BCUT2D eigenvalue weighted by Crippen LogP contribution is 2.37. The summed E-state index contributed by atoms with van der Waals surface area (Å²) in [7, 11) is 0. The molecule has 34 heavy (non-hydrogen) atoms. The normalized spacial score (nSPS) is 14.1. The fourth-order valence-electron chi connectivity index (χ4n) is 3.81. The van der Waals surface area contributed by atoms with Gasteiger partial charge in [-0.1, -0.05) is 13.0 Å². The van der Waals surface area contributed by atoms with Crippen molar-refractivity contribution in [1.82, 2.24) is 9.97 Å². The van der Waals surface area contributed by atoms with Gasteiger partial charge in [0, 0.05) is 11.8 Å². The van der Waals surface area contributed by atoms with Crippen LogP contribution >= 0.6 is 0 Å². The largest absolute Gasteiger partial charge is 0.439 e. The molecule has 0 spiro atoms. The summed E-state index contributed by atoms with van der Waals surface area (Å²) in [5.41, 5.74) is 6.43. The predicted molar refractivity (Wildman–Crippen MR) is 119 cm³/mol. The minimum atomic E-state index is -4.57. The van der Waals surface area contributed by atoms with Crippen molar-refractivity contribution in [3.8, 4) is 11.6 Å². The second-order valence-electron chi connectivity index (χ2n) is 7.57. The number of halogens is 3. The summed E-state index contributed by atoms with van der Waals surface area (Å²) in [4.78, 5) is 35.8. The van der Waals surface area contributed by atoms with Crippen molar-refractivity contribution in [2.75, 3.05) is 22.1 Å². The number of alkyl halides is 3.